The van der Waals surface area contributed by atoms with Crippen molar-refractivity contribution in [1.82, 2.24) is 9.62 Å². The molecule has 0 saturated carbocycles. The maximum atomic E-state index is 12.3. The van der Waals surface area contributed by atoms with E-state index in [1.54, 1.807) is 4.90 Å². The van der Waals surface area contributed by atoms with E-state index in [9.17, 15) is 18.0 Å². The van der Waals surface area contributed by atoms with Crippen LogP contribution in [0.2, 0.25) is 10.0 Å². The smallest absolute Gasteiger partial charge is 0.321 e. The first-order valence-corrected chi connectivity index (χ1v) is 11.0. The number of rotatable bonds is 8. The molecule has 0 bridgehead atoms. The van der Waals surface area contributed by atoms with E-state index in [4.69, 9.17) is 27.9 Å². The van der Waals surface area contributed by atoms with Gasteiger partial charge in [0.15, 0.2) is 6.61 Å². The quantitative estimate of drug-likeness (QED) is 0.550. The Hall–Kier alpha value is -0.870. The molecule has 7 nitrogen and oxygen atoms in total. The molecular formula is C16H21BrCl2N2O5S. The number of hydrogen-bond donors (Lipinski definition) is 1. The minimum Gasteiger partial charge on any atom is -0.455 e. The third-order valence-corrected chi connectivity index (χ3v) is 6.18. The van der Waals surface area contributed by atoms with Crippen LogP contribution in [0.3, 0.4) is 0 Å². The van der Waals surface area contributed by atoms with E-state index in [2.05, 4.69) is 20.7 Å². The lowest BCUT2D eigenvalue weighted by atomic mass is 10.2. The normalized spacial score (nSPS) is 11.7. The third-order valence-electron chi connectivity index (χ3n) is 3.40. The van der Waals surface area contributed by atoms with Crippen LogP contribution in [0.4, 0.5) is 0 Å². The van der Waals surface area contributed by atoms with Gasteiger partial charge >= 0.3 is 5.97 Å². The summed E-state index contributed by atoms with van der Waals surface area (Å²) in [5, 5.41) is -0.204. The van der Waals surface area contributed by atoms with Crippen molar-refractivity contribution in [2.45, 2.75) is 44.7 Å². The van der Waals surface area contributed by atoms with Crippen LogP contribution in [-0.2, 0) is 24.3 Å². The molecule has 27 heavy (non-hydrogen) atoms. The van der Waals surface area contributed by atoms with Crippen LogP contribution in [0.5, 0.6) is 0 Å². The van der Waals surface area contributed by atoms with Gasteiger partial charge in [-0.2, -0.15) is 4.72 Å². The Morgan fingerprint density at radius 1 is 1.15 bits per heavy atom. The summed E-state index contributed by atoms with van der Waals surface area (Å²) in [7, 11) is -4.15. The van der Waals surface area contributed by atoms with Crippen molar-refractivity contribution in [3.8, 4) is 0 Å². The van der Waals surface area contributed by atoms with Crippen LogP contribution in [0.1, 0.15) is 27.7 Å². The van der Waals surface area contributed by atoms with Crippen molar-refractivity contribution in [3.05, 3.63) is 26.7 Å². The van der Waals surface area contributed by atoms with Gasteiger partial charge in [0.1, 0.15) is 11.4 Å². The first-order chi connectivity index (χ1) is 12.4. The fourth-order valence-corrected chi connectivity index (χ4v) is 5.35. The number of carbonyl (C=O) groups excluding carboxylic acids is 2. The molecule has 1 aromatic rings. The lowest BCUT2D eigenvalue weighted by molar-refractivity contribution is -0.152. The number of benzene rings is 1. The highest BCUT2D eigenvalue weighted by atomic mass is 79.9. The Balaban J connectivity index is 2.71. The Morgan fingerprint density at radius 3 is 2.07 bits per heavy atom. The van der Waals surface area contributed by atoms with Crippen molar-refractivity contribution in [1.29, 1.82) is 0 Å². The molecule has 152 valence electrons. The van der Waals surface area contributed by atoms with Crippen LogP contribution in [-0.4, -0.2) is 50.4 Å². The molecule has 1 amide bonds. The maximum absolute atomic E-state index is 12.3. The predicted molar refractivity (Wildman–Crippen MR) is 107 cm³/mol. The molecule has 1 N–H and O–H groups in total. The van der Waals surface area contributed by atoms with Gasteiger partial charge in [0, 0.05) is 16.6 Å². The predicted octanol–water partition coefficient (Wildman–Crippen LogP) is 3.22. The van der Waals surface area contributed by atoms with E-state index in [0.717, 1.165) is 0 Å². The lowest BCUT2D eigenvalue weighted by Gasteiger charge is -2.30. The number of esters is 1. The van der Waals surface area contributed by atoms with E-state index < -0.39 is 29.1 Å². The topological polar surface area (TPSA) is 92.8 Å². The van der Waals surface area contributed by atoms with Gasteiger partial charge in [-0.05, 0) is 39.8 Å². The number of halogens is 3. The van der Waals surface area contributed by atoms with E-state index in [0.29, 0.717) is 4.47 Å². The molecule has 0 fully saturated rings. The van der Waals surface area contributed by atoms with Gasteiger partial charge in [0.25, 0.3) is 5.91 Å². The number of nitrogens with zero attached hydrogens (tertiary/aromatic N) is 1. The molecule has 0 heterocycles. The van der Waals surface area contributed by atoms with Gasteiger partial charge in [-0.15, -0.1) is 0 Å². The number of sulfonamides is 1. The minimum absolute atomic E-state index is 0.0589. The fraction of sp³-hybridized carbons (Fsp3) is 0.500. The van der Waals surface area contributed by atoms with E-state index in [1.807, 2.05) is 27.7 Å². The largest absolute Gasteiger partial charge is 0.455 e. The Labute approximate surface area is 177 Å². The van der Waals surface area contributed by atoms with Gasteiger partial charge in [0.05, 0.1) is 10.0 Å². The SMILES string of the molecule is CC(C)N(C(=O)COC(=O)CNS(=O)(=O)c1c(Cl)cc(Br)cc1Cl)C(C)C. The number of carbonyl (C=O) groups is 2. The summed E-state index contributed by atoms with van der Waals surface area (Å²) in [6.45, 7) is 6.25. The summed E-state index contributed by atoms with van der Waals surface area (Å²) in [6, 6.07) is 2.62. The molecule has 0 aliphatic rings. The maximum Gasteiger partial charge on any atom is 0.321 e. The van der Waals surface area contributed by atoms with Crippen LogP contribution in [0.25, 0.3) is 0 Å². The standard InChI is InChI=1S/C16H21BrCl2N2O5S/c1-9(2)21(10(3)4)14(22)8-26-15(23)7-20-27(24,25)16-12(18)5-11(17)6-13(16)19/h5-6,9-10,20H,7-8H2,1-4H3. The van der Waals surface area contributed by atoms with E-state index in [-0.39, 0.29) is 32.9 Å². The summed E-state index contributed by atoms with van der Waals surface area (Å²) in [4.78, 5) is 25.2. The van der Waals surface area contributed by atoms with E-state index in [1.165, 1.54) is 12.1 Å². The minimum atomic E-state index is -4.15. The monoisotopic (exact) mass is 502 g/mol. The van der Waals surface area contributed by atoms with Crippen LogP contribution < -0.4 is 4.72 Å². The van der Waals surface area contributed by atoms with Crippen molar-refractivity contribution in [2.75, 3.05) is 13.2 Å². The number of amides is 1. The first-order valence-electron chi connectivity index (χ1n) is 7.97. The summed E-state index contributed by atoms with van der Waals surface area (Å²) in [5.74, 6) is -1.26. The van der Waals surface area contributed by atoms with Crippen LogP contribution in [0, 0.1) is 0 Å². The Morgan fingerprint density at radius 2 is 1.63 bits per heavy atom. The van der Waals surface area contributed by atoms with Crippen molar-refractivity contribution in [3.63, 3.8) is 0 Å². The lowest BCUT2D eigenvalue weighted by Crippen LogP contribution is -2.44. The van der Waals surface area contributed by atoms with Gasteiger partial charge in [-0.3, -0.25) is 9.59 Å². The molecule has 0 aliphatic heterocycles. The highest BCUT2D eigenvalue weighted by Crippen LogP contribution is 2.32. The molecule has 0 aromatic heterocycles. The fourth-order valence-electron chi connectivity index (χ4n) is 2.45. The number of nitrogens with one attached hydrogen (secondary N) is 1. The molecular weight excluding hydrogens is 483 g/mol. The second kappa shape index (κ2) is 10.1. The van der Waals surface area contributed by atoms with Crippen molar-refractivity contribution < 1.29 is 22.7 Å². The van der Waals surface area contributed by atoms with E-state index >= 15 is 0 Å². The second-order valence-corrected chi connectivity index (χ2v) is 9.61. The summed E-state index contributed by atoms with van der Waals surface area (Å²) in [6.07, 6.45) is 0. The van der Waals surface area contributed by atoms with Crippen molar-refractivity contribution in [2.24, 2.45) is 0 Å². The zero-order chi connectivity index (χ0) is 20.9. The Kier molecular flexibility index (Phi) is 9.01. The molecule has 0 unspecified atom stereocenters. The van der Waals surface area contributed by atoms with Crippen molar-refractivity contribution >= 4 is 61.0 Å². The van der Waals surface area contributed by atoms with Gasteiger partial charge in [-0.1, -0.05) is 39.1 Å². The Bertz CT molecular complexity index is 784. The molecule has 0 radical (unpaired) electrons. The number of ether oxygens (including phenoxy) is 1. The van der Waals surface area contributed by atoms with Gasteiger partial charge in [0.2, 0.25) is 10.0 Å². The van der Waals surface area contributed by atoms with Gasteiger partial charge in [-0.25, -0.2) is 8.42 Å². The highest BCUT2D eigenvalue weighted by molar-refractivity contribution is 9.10. The molecule has 1 rings (SSSR count). The average Bonchev–Trinajstić information content (AvgIpc) is 2.48. The molecule has 11 heteroatoms. The number of hydrogen-bond acceptors (Lipinski definition) is 5. The third kappa shape index (κ3) is 6.90. The zero-order valence-corrected chi connectivity index (χ0v) is 19.2. The average molecular weight is 504 g/mol. The summed E-state index contributed by atoms with van der Waals surface area (Å²) in [5.41, 5.74) is 0. The molecule has 1 aromatic carbocycles. The first kappa shape index (κ1) is 24.2. The van der Waals surface area contributed by atoms with Gasteiger partial charge < -0.3 is 9.64 Å². The highest BCUT2D eigenvalue weighted by Gasteiger charge is 2.25. The zero-order valence-electron chi connectivity index (χ0n) is 15.3. The summed E-state index contributed by atoms with van der Waals surface area (Å²) < 4.78 is 32.1. The molecule has 0 saturated heterocycles. The van der Waals surface area contributed by atoms with Crippen LogP contribution >= 0.6 is 39.1 Å². The molecule has 0 atom stereocenters. The molecule has 0 spiro atoms. The molecule has 0 aliphatic carbocycles. The summed E-state index contributed by atoms with van der Waals surface area (Å²) >= 11 is 15.0. The van der Waals surface area contributed by atoms with Crippen LogP contribution in [0.15, 0.2) is 21.5 Å². The second-order valence-electron chi connectivity index (χ2n) is 6.17.